The van der Waals surface area contributed by atoms with Crippen LogP contribution in [0.25, 0.3) is 0 Å². The summed E-state index contributed by atoms with van der Waals surface area (Å²) in [4.78, 5) is 15.2. The summed E-state index contributed by atoms with van der Waals surface area (Å²) in [5, 5.41) is 0. The molecule has 0 aliphatic carbocycles. The van der Waals surface area contributed by atoms with Gasteiger partial charge in [-0.1, -0.05) is 0 Å². The van der Waals surface area contributed by atoms with Crippen LogP contribution in [0.15, 0.2) is 37.3 Å². The molecule has 0 atom stereocenters. The molecule has 0 saturated carbocycles. The minimum Gasteiger partial charge on any atom is -0.457 e. The molecule has 0 spiro atoms. The number of hydrogen-bond acceptors (Lipinski definition) is 3. The average Bonchev–Trinajstić information content (AvgIpc) is 2.94. The Morgan fingerprint density at radius 1 is 1.39 bits per heavy atom. The Bertz CT molecular complexity index is 550. The fourth-order valence-corrected chi connectivity index (χ4v) is 3.48. The van der Waals surface area contributed by atoms with Crippen molar-refractivity contribution in [3.63, 3.8) is 0 Å². The Kier molecular flexibility index (Phi) is 4.64. The summed E-state index contributed by atoms with van der Waals surface area (Å²) >= 11 is 8.30. The van der Waals surface area contributed by atoms with Gasteiger partial charge in [-0.3, -0.25) is 4.79 Å². The standard InChI is InChI=1S/C12H11Br2NO2S/c1-2-15(7-8-3-4-10(13)18-8)12(16)9-5-6-17-11(9)14/h3-6H,2,7H2,1H3. The molecule has 0 radical (unpaired) electrons. The number of carbonyl (C=O) groups is 1. The molecule has 3 nitrogen and oxygen atoms in total. The van der Waals surface area contributed by atoms with E-state index < -0.39 is 0 Å². The van der Waals surface area contributed by atoms with E-state index in [0.29, 0.717) is 23.3 Å². The van der Waals surface area contributed by atoms with Gasteiger partial charge in [0.15, 0.2) is 4.67 Å². The maximum absolute atomic E-state index is 12.3. The highest BCUT2D eigenvalue weighted by atomic mass is 79.9. The molecule has 0 unspecified atom stereocenters. The summed E-state index contributed by atoms with van der Waals surface area (Å²) in [5.41, 5.74) is 0.562. The second-order valence-corrected chi connectivity index (χ2v) is 6.90. The van der Waals surface area contributed by atoms with Crippen LogP contribution in [0.1, 0.15) is 22.2 Å². The van der Waals surface area contributed by atoms with Crippen LogP contribution in [0.4, 0.5) is 0 Å². The zero-order valence-electron chi connectivity index (χ0n) is 9.65. The van der Waals surface area contributed by atoms with Gasteiger partial charge >= 0.3 is 0 Å². The van der Waals surface area contributed by atoms with Gasteiger partial charge in [0.2, 0.25) is 0 Å². The number of amides is 1. The zero-order valence-corrected chi connectivity index (χ0v) is 13.6. The third-order valence-electron chi connectivity index (χ3n) is 2.49. The van der Waals surface area contributed by atoms with Gasteiger partial charge in [-0.25, -0.2) is 0 Å². The van der Waals surface area contributed by atoms with Crippen molar-refractivity contribution in [3.8, 4) is 0 Å². The average molecular weight is 393 g/mol. The summed E-state index contributed by atoms with van der Waals surface area (Å²) in [7, 11) is 0. The summed E-state index contributed by atoms with van der Waals surface area (Å²) in [6, 6.07) is 5.70. The monoisotopic (exact) mass is 391 g/mol. The molecule has 0 saturated heterocycles. The van der Waals surface area contributed by atoms with Crippen molar-refractivity contribution in [1.29, 1.82) is 0 Å². The van der Waals surface area contributed by atoms with Crippen molar-refractivity contribution in [3.05, 3.63) is 43.4 Å². The third-order valence-corrected chi connectivity index (χ3v) is 4.72. The van der Waals surface area contributed by atoms with Gasteiger partial charge < -0.3 is 9.32 Å². The minimum atomic E-state index is -0.0253. The predicted molar refractivity (Wildman–Crippen MR) is 78.8 cm³/mol. The highest BCUT2D eigenvalue weighted by Gasteiger charge is 2.19. The lowest BCUT2D eigenvalue weighted by Gasteiger charge is -2.19. The topological polar surface area (TPSA) is 33.5 Å². The van der Waals surface area contributed by atoms with Crippen molar-refractivity contribution in [2.24, 2.45) is 0 Å². The zero-order chi connectivity index (χ0) is 13.1. The molecule has 0 N–H and O–H groups in total. The Labute approximate surface area is 126 Å². The van der Waals surface area contributed by atoms with Crippen LogP contribution in [0, 0.1) is 0 Å². The molecule has 6 heteroatoms. The van der Waals surface area contributed by atoms with Crippen molar-refractivity contribution in [2.45, 2.75) is 13.5 Å². The van der Waals surface area contributed by atoms with E-state index in [4.69, 9.17) is 4.42 Å². The first-order chi connectivity index (χ1) is 8.61. The highest BCUT2D eigenvalue weighted by molar-refractivity contribution is 9.11. The lowest BCUT2D eigenvalue weighted by atomic mass is 10.3. The van der Waals surface area contributed by atoms with Crippen LogP contribution < -0.4 is 0 Å². The first kappa shape index (κ1) is 13.8. The summed E-state index contributed by atoms with van der Waals surface area (Å²) in [5.74, 6) is -0.0253. The van der Waals surface area contributed by atoms with Crippen LogP contribution in [0.3, 0.4) is 0 Å². The Hall–Kier alpha value is -0.590. The Morgan fingerprint density at radius 2 is 2.17 bits per heavy atom. The van der Waals surface area contributed by atoms with E-state index in [1.165, 1.54) is 6.26 Å². The number of thiophene rings is 1. The van der Waals surface area contributed by atoms with E-state index >= 15 is 0 Å². The molecule has 96 valence electrons. The summed E-state index contributed by atoms with van der Waals surface area (Å²) < 4.78 is 6.66. The van der Waals surface area contributed by atoms with Gasteiger partial charge in [0, 0.05) is 11.4 Å². The van der Waals surface area contributed by atoms with Gasteiger partial charge in [0.05, 0.1) is 22.2 Å². The van der Waals surface area contributed by atoms with Crippen LogP contribution in [0.2, 0.25) is 0 Å². The SMILES string of the molecule is CCN(Cc1ccc(Br)s1)C(=O)c1ccoc1Br. The molecule has 0 fully saturated rings. The van der Waals surface area contributed by atoms with Gasteiger partial charge in [-0.05, 0) is 57.0 Å². The lowest BCUT2D eigenvalue weighted by Crippen LogP contribution is -2.29. The number of furan rings is 1. The predicted octanol–water partition coefficient (Wildman–Crippen LogP) is 4.53. The molecule has 0 aliphatic rings. The smallest absolute Gasteiger partial charge is 0.258 e. The van der Waals surface area contributed by atoms with Crippen molar-refractivity contribution in [2.75, 3.05) is 6.54 Å². The molecular formula is C12H11Br2NO2S. The van der Waals surface area contributed by atoms with E-state index in [9.17, 15) is 4.79 Å². The second kappa shape index (κ2) is 6.04. The maximum atomic E-state index is 12.3. The van der Waals surface area contributed by atoms with Gasteiger partial charge in [-0.15, -0.1) is 11.3 Å². The molecule has 2 rings (SSSR count). The van der Waals surface area contributed by atoms with E-state index in [2.05, 4.69) is 31.9 Å². The first-order valence-electron chi connectivity index (χ1n) is 5.38. The fourth-order valence-electron chi connectivity index (χ4n) is 1.57. The van der Waals surface area contributed by atoms with E-state index in [0.717, 1.165) is 8.66 Å². The van der Waals surface area contributed by atoms with Crippen molar-refractivity contribution >= 4 is 49.1 Å². The first-order valence-corrected chi connectivity index (χ1v) is 7.78. The molecule has 18 heavy (non-hydrogen) atoms. The normalized spacial score (nSPS) is 10.6. The molecular weight excluding hydrogens is 382 g/mol. The molecule has 1 amide bonds. The van der Waals surface area contributed by atoms with Crippen LogP contribution in [-0.4, -0.2) is 17.4 Å². The van der Waals surface area contributed by atoms with Crippen LogP contribution in [0.5, 0.6) is 0 Å². The number of hydrogen-bond donors (Lipinski definition) is 0. The molecule has 0 aromatic carbocycles. The van der Waals surface area contributed by atoms with Crippen LogP contribution in [-0.2, 0) is 6.54 Å². The van der Waals surface area contributed by atoms with E-state index in [1.807, 2.05) is 19.1 Å². The van der Waals surface area contributed by atoms with Crippen molar-refractivity contribution < 1.29 is 9.21 Å². The Balaban J connectivity index is 2.14. The van der Waals surface area contributed by atoms with E-state index in [-0.39, 0.29) is 5.91 Å². The quantitative estimate of drug-likeness (QED) is 0.765. The van der Waals surface area contributed by atoms with Gasteiger partial charge in [0.25, 0.3) is 5.91 Å². The van der Waals surface area contributed by atoms with E-state index in [1.54, 1.807) is 22.3 Å². The van der Waals surface area contributed by atoms with Gasteiger partial charge in [-0.2, -0.15) is 0 Å². The summed E-state index contributed by atoms with van der Waals surface area (Å²) in [6.07, 6.45) is 1.51. The maximum Gasteiger partial charge on any atom is 0.258 e. The summed E-state index contributed by atoms with van der Waals surface area (Å²) in [6.45, 7) is 3.24. The lowest BCUT2D eigenvalue weighted by molar-refractivity contribution is 0.0752. The van der Waals surface area contributed by atoms with Crippen molar-refractivity contribution in [1.82, 2.24) is 4.90 Å². The Morgan fingerprint density at radius 3 is 2.67 bits per heavy atom. The van der Waals surface area contributed by atoms with Gasteiger partial charge in [0.1, 0.15) is 0 Å². The number of halogens is 2. The molecule has 2 aromatic heterocycles. The minimum absolute atomic E-state index is 0.0253. The highest BCUT2D eigenvalue weighted by Crippen LogP contribution is 2.25. The number of nitrogens with zero attached hydrogens (tertiary/aromatic N) is 1. The number of carbonyl (C=O) groups excluding carboxylic acids is 1. The number of rotatable bonds is 4. The molecule has 2 aromatic rings. The largest absolute Gasteiger partial charge is 0.457 e. The van der Waals surface area contributed by atoms with Crippen LogP contribution >= 0.6 is 43.2 Å². The third kappa shape index (κ3) is 3.05. The second-order valence-electron chi connectivity index (χ2n) is 3.63. The molecule has 0 aliphatic heterocycles. The fraction of sp³-hybridized carbons (Fsp3) is 0.250. The molecule has 2 heterocycles. The molecule has 0 bridgehead atoms.